The molecule has 1 aliphatic rings. The minimum Gasteiger partial charge on any atom is -0.376 e. The summed E-state index contributed by atoms with van der Waals surface area (Å²) in [7, 11) is 0. The molecule has 82 valence electrons. The maximum Gasteiger partial charge on any atom is 0.237 e. The molecule has 1 fully saturated rings. The van der Waals surface area contributed by atoms with Gasteiger partial charge in [-0.25, -0.2) is 0 Å². The van der Waals surface area contributed by atoms with Crippen molar-refractivity contribution in [2.24, 2.45) is 5.73 Å². The molecule has 1 aliphatic heterocycles. The van der Waals surface area contributed by atoms with Gasteiger partial charge in [-0.15, -0.1) is 0 Å². The summed E-state index contributed by atoms with van der Waals surface area (Å²) in [5, 5.41) is 2.82. The van der Waals surface area contributed by atoms with Crippen LogP contribution in [-0.4, -0.2) is 31.2 Å². The van der Waals surface area contributed by atoms with Gasteiger partial charge in [0.15, 0.2) is 0 Å². The van der Waals surface area contributed by atoms with Crippen LogP contribution in [0.2, 0.25) is 0 Å². The molecule has 3 N–H and O–H groups in total. The predicted octanol–water partition coefficient (Wildman–Crippen LogP) is 0.409. The molecule has 0 bridgehead atoms. The summed E-state index contributed by atoms with van der Waals surface area (Å²) < 4.78 is 5.39. The highest BCUT2D eigenvalue weighted by molar-refractivity contribution is 5.81. The van der Waals surface area contributed by atoms with Gasteiger partial charge < -0.3 is 15.8 Å². The number of hydrogen-bond acceptors (Lipinski definition) is 3. The van der Waals surface area contributed by atoms with Crippen LogP contribution in [0.3, 0.4) is 0 Å². The quantitative estimate of drug-likeness (QED) is 0.675. The van der Waals surface area contributed by atoms with Gasteiger partial charge in [-0.1, -0.05) is 13.3 Å². The Labute approximate surface area is 85.2 Å². The highest BCUT2D eigenvalue weighted by atomic mass is 16.5. The number of carbonyl (C=O) groups excluding carboxylic acids is 1. The normalized spacial score (nSPS) is 23.4. The third-order valence-corrected chi connectivity index (χ3v) is 2.46. The number of nitrogens with two attached hydrogens (primary N) is 1. The maximum atomic E-state index is 11.4. The first-order valence-corrected chi connectivity index (χ1v) is 5.39. The summed E-state index contributed by atoms with van der Waals surface area (Å²) in [6.07, 6.45) is 4.03. The number of hydrogen-bond donors (Lipinski definition) is 2. The van der Waals surface area contributed by atoms with E-state index in [9.17, 15) is 4.79 Å². The first-order valence-electron chi connectivity index (χ1n) is 5.39. The van der Waals surface area contributed by atoms with Crippen LogP contribution in [0.5, 0.6) is 0 Å². The third-order valence-electron chi connectivity index (χ3n) is 2.46. The van der Waals surface area contributed by atoms with E-state index in [1.165, 1.54) is 0 Å². The monoisotopic (exact) mass is 200 g/mol. The molecular formula is C10H20N2O2. The standard InChI is InChI=1S/C10H20N2O2/c1-2-4-9(11)10(13)12-7-8-5-3-6-14-8/h8-9H,2-7,11H2,1H3,(H,12,13). The van der Waals surface area contributed by atoms with E-state index < -0.39 is 0 Å². The van der Waals surface area contributed by atoms with Crippen LogP contribution in [0, 0.1) is 0 Å². The molecule has 1 amide bonds. The van der Waals surface area contributed by atoms with Crippen LogP contribution in [0.4, 0.5) is 0 Å². The molecule has 0 aromatic rings. The highest BCUT2D eigenvalue weighted by Gasteiger charge is 2.18. The van der Waals surface area contributed by atoms with Gasteiger partial charge in [-0.2, -0.15) is 0 Å². The molecule has 2 unspecified atom stereocenters. The number of amides is 1. The summed E-state index contributed by atoms with van der Waals surface area (Å²) >= 11 is 0. The predicted molar refractivity (Wildman–Crippen MR) is 54.9 cm³/mol. The molecule has 2 atom stereocenters. The molecule has 1 saturated heterocycles. The van der Waals surface area contributed by atoms with Gasteiger partial charge in [0, 0.05) is 13.2 Å². The molecule has 0 aromatic heterocycles. The van der Waals surface area contributed by atoms with Crippen molar-refractivity contribution in [3.63, 3.8) is 0 Å². The van der Waals surface area contributed by atoms with Crippen molar-refractivity contribution in [2.75, 3.05) is 13.2 Å². The summed E-state index contributed by atoms with van der Waals surface area (Å²) in [5.74, 6) is -0.0534. The Hall–Kier alpha value is -0.610. The lowest BCUT2D eigenvalue weighted by molar-refractivity contribution is -0.123. The average Bonchev–Trinajstić information content (AvgIpc) is 2.67. The van der Waals surface area contributed by atoms with E-state index in [0.29, 0.717) is 6.54 Å². The molecule has 0 aliphatic carbocycles. The highest BCUT2D eigenvalue weighted by Crippen LogP contribution is 2.10. The van der Waals surface area contributed by atoms with Crippen LogP contribution >= 0.6 is 0 Å². The van der Waals surface area contributed by atoms with Gasteiger partial charge in [0.25, 0.3) is 0 Å². The third kappa shape index (κ3) is 3.64. The van der Waals surface area contributed by atoms with Crippen LogP contribution in [0.1, 0.15) is 32.6 Å². The van der Waals surface area contributed by atoms with E-state index in [1.54, 1.807) is 0 Å². The van der Waals surface area contributed by atoms with Gasteiger partial charge in [-0.3, -0.25) is 4.79 Å². The van der Waals surface area contributed by atoms with Crippen molar-refractivity contribution in [3.05, 3.63) is 0 Å². The van der Waals surface area contributed by atoms with E-state index in [1.807, 2.05) is 6.92 Å². The Bertz CT molecular complexity index is 179. The average molecular weight is 200 g/mol. The van der Waals surface area contributed by atoms with E-state index in [-0.39, 0.29) is 18.1 Å². The smallest absolute Gasteiger partial charge is 0.237 e. The number of ether oxygens (including phenoxy) is 1. The zero-order chi connectivity index (χ0) is 10.4. The van der Waals surface area contributed by atoms with Crippen molar-refractivity contribution in [2.45, 2.75) is 44.8 Å². The van der Waals surface area contributed by atoms with Crippen LogP contribution < -0.4 is 11.1 Å². The molecule has 4 nitrogen and oxygen atoms in total. The second-order valence-corrected chi connectivity index (χ2v) is 3.78. The molecule has 0 radical (unpaired) electrons. The SMILES string of the molecule is CCCC(N)C(=O)NCC1CCCO1. The van der Waals surface area contributed by atoms with Gasteiger partial charge in [0.05, 0.1) is 12.1 Å². The Morgan fingerprint density at radius 3 is 3.07 bits per heavy atom. The Balaban J connectivity index is 2.13. The van der Waals surface area contributed by atoms with E-state index >= 15 is 0 Å². The summed E-state index contributed by atoms with van der Waals surface area (Å²) in [5.41, 5.74) is 5.66. The van der Waals surface area contributed by atoms with Crippen molar-refractivity contribution in [1.29, 1.82) is 0 Å². The molecule has 0 spiro atoms. The van der Waals surface area contributed by atoms with Crippen LogP contribution in [0.15, 0.2) is 0 Å². The van der Waals surface area contributed by atoms with E-state index in [2.05, 4.69) is 5.32 Å². The summed E-state index contributed by atoms with van der Waals surface area (Å²) in [6.45, 7) is 3.45. The zero-order valence-electron chi connectivity index (χ0n) is 8.79. The van der Waals surface area contributed by atoms with Crippen molar-refractivity contribution >= 4 is 5.91 Å². The van der Waals surface area contributed by atoms with E-state index in [0.717, 1.165) is 32.3 Å². The van der Waals surface area contributed by atoms with Gasteiger partial charge in [0.2, 0.25) is 5.91 Å². The van der Waals surface area contributed by atoms with Crippen LogP contribution in [-0.2, 0) is 9.53 Å². The van der Waals surface area contributed by atoms with E-state index in [4.69, 9.17) is 10.5 Å². The minimum absolute atomic E-state index is 0.0534. The lowest BCUT2D eigenvalue weighted by atomic mass is 10.1. The zero-order valence-corrected chi connectivity index (χ0v) is 8.79. The van der Waals surface area contributed by atoms with Gasteiger partial charge in [-0.05, 0) is 19.3 Å². The topological polar surface area (TPSA) is 64.4 Å². The number of carbonyl (C=O) groups is 1. The second-order valence-electron chi connectivity index (χ2n) is 3.78. The first kappa shape index (κ1) is 11.5. The molecule has 0 saturated carbocycles. The second kappa shape index (κ2) is 5.98. The lowest BCUT2D eigenvalue weighted by Crippen LogP contribution is -2.43. The van der Waals surface area contributed by atoms with Crippen LogP contribution in [0.25, 0.3) is 0 Å². The number of rotatable bonds is 5. The molecule has 14 heavy (non-hydrogen) atoms. The fraction of sp³-hybridized carbons (Fsp3) is 0.900. The van der Waals surface area contributed by atoms with Gasteiger partial charge in [0.1, 0.15) is 0 Å². The van der Waals surface area contributed by atoms with Gasteiger partial charge >= 0.3 is 0 Å². The van der Waals surface area contributed by atoms with Crippen molar-refractivity contribution < 1.29 is 9.53 Å². The Kier molecular flexibility index (Phi) is 4.90. The lowest BCUT2D eigenvalue weighted by Gasteiger charge is -2.14. The largest absolute Gasteiger partial charge is 0.376 e. The molecule has 1 rings (SSSR count). The Morgan fingerprint density at radius 1 is 1.71 bits per heavy atom. The fourth-order valence-electron chi connectivity index (χ4n) is 1.59. The summed E-state index contributed by atoms with van der Waals surface area (Å²) in [4.78, 5) is 11.4. The molecular weight excluding hydrogens is 180 g/mol. The molecule has 0 aromatic carbocycles. The fourth-order valence-corrected chi connectivity index (χ4v) is 1.59. The molecule has 4 heteroatoms. The first-order chi connectivity index (χ1) is 6.74. The van der Waals surface area contributed by atoms with Crippen molar-refractivity contribution in [3.8, 4) is 0 Å². The van der Waals surface area contributed by atoms with Crippen molar-refractivity contribution in [1.82, 2.24) is 5.32 Å². The Morgan fingerprint density at radius 2 is 2.50 bits per heavy atom. The number of nitrogens with one attached hydrogen (secondary N) is 1. The molecule has 1 heterocycles. The minimum atomic E-state index is -0.360. The summed E-state index contributed by atoms with van der Waals surface area (Å²) in [6, 6.07) is -0.360. The maximum absolute atomic E-state index is 11.4.